The van der Waals surface area contributed by atoms with E-state index in [1.165, 1.54) is 10.8 Å². The Kier molecular flexibility index (Phi) is 5.92. The van der Waals surface area contributed by atoms with E-state index in [-0.39, 0.29) is 36.0 Å². The topological polar surface area (TPSA) is 0 Å². The first kappa shape index (κ1) is 24.1. The van der Waals surface area contributed by atoms with Crippen LogP contribution in [0.15, 0.2) is 145 Å². The molecule has 0 nitrogen and oxygen atoms in total. The predicted octanol–water partition coefficient (Wildman–Crippen LogP) is 13.5. The van der Waals surface area contributed by atoms with Crippen molar-refractivity contribution < 1.29 is 5.48 Å². The zero-order valence-corrected chi connectivity index (χ0v) is 26.7. The van der Waals surface area contributed by atoms with Gasteiger partial charge in [0.2, 0.25) is 0 Å². The van der Waals surface area contributed by atoms with Gasteiger partial charge in [-0.3, -0.25) is 0 Å². The summed E-state index contributed by atoms with van der Waals surface area (Å²) in [5, 5.41) is 8.54. The molecule has 0 aliphatic rings. The smallest absolute Gasteiger partial charge is 0.0616 e. The third kappa shape index (κ3) is 4.68. The van der Waals surface area contributed by atoms with Gasteiger partial charge in [-0.25, -0.2) is 0 Å². The minimum atomic E-state index is -0.0266. The molecule has 0 heterocycles. The molecule has 0 saturated carbocycles. The van der Waals surface area contributed by atoms with Crippen LogP contribution in [0, 0.1) is 0 Å². The highest BCUT2D eigenvalue weighted by Gasteiger charge is 2.19. The van der Waals surface area contributed by atoms with Gasteiger partial charge >= 0.3 is 0 Å². The maximum Gasteiger partial charge on any atom is 0.0629 e. The molecule has 0 atom stereocenters. The molecule has 0 spiro atoms. The molecule has 0 radical (unpaired) electrons. The monoisotopic (exact) mass is 594 g/mol. The van der Waals surface area contributed by atoms with E-state index in [4.69, 9.17) is 0 Å². The lowest BCUT2D eigenvalue weighted by Gasteiger charge is -2.20. The SMILES string of the molecule is [2H]c1c([2H])c(-c2c3ccccc3c(-c3cc4ccccc4c4ccccc34)c3ccccc23)c([2H])c([2H])c1-c1cc(C(C)C)cc(C(C)C)c1. The number of rotatable bonds is 5. The van der Waals surface area contributed by atoms with E-state index in [0.717, 1.165) is 65.7 Å². The van der Waals surface area contributed by atoms with Crippen molar-refractivity contribution in [2.24, 2.45) is 0 Å². The second-order valence-corrected chi connectivity index (χ2v) is 13.0. The Balaban J connectivity index is 1.47. The summed E-state index contributed by atoms with van der Waals surface area (Å²) >= 11 is 0. The molecule has 8 aromatic carbocycles. The van der Waals surface area contributed by atoms with Gasteiger partial charge in [0.05, 0.1) is 5.48 Å². The lowest BCUT2D eigenvalue weighted by Crippen LogP contribution is -1.95. The van der Waals surface area contributed by atoms with Crippen LogP contribution in [-0.2, 0) is 0 Å². The second kappa shape index (κ2) is 11.3. The molecule has 0 unspecified atom stereocenters. The standard InChI is InChI=1S/C46H38/c1-29(2)34-25-35(30(3)4)27-36(26-34)31-21-23-32(24-22-31)45-40-17-9-11-19-42(40)46(43-20-12-10-18-41(43)45)44-28-33-13-5-6-14-37(33)38-15-7-8-16-39(38)44/h5-30H,1-4H3/i21D,22D,23D,24D. The lowest BCUT2D eigenvalue weighted by molar-refractivity contribution is 0.834. The number of hydrogen-bond acceptors (Lipinski definition) is 0. The van der Waals surface area contributed by atoms with E-state index in [0.29, 0.717) is 11.1 Å². The molecule has 8 aromatic rings. The van der Waals surface area contributed by atoms with Crippen molar-refractivity contribution in [2.45, 2.75) is 39.5 Å². The number of fused-ring (bicyclic) bond motifs is 5. The quantitative estimate of drug-likeness (QED) is 0.137. The average molecular weight is 595 g/mol. The summed E-state index contributed by atoms with van der Waals surface area (Å²) in [5.74, 6) is 0.522. The molecule has 0 fully saturated rings. The minimum absolute atomic E-state index is 0.0191. The Labute approximate surface area is 277 Å². The Morgan fingerprint density at radius 1 is 0.391 bits per heavy atom. The molecule has 46 heavy (non-hydrogen) atoms. The van der Waals surface area contributed by atoms with Crippen LogP contribution in [0.5, 0.6) is 0 Å². The fourth-order valence-electron chi connectivity index (χ4n) is 7.02. The van der Waals surface area contributed by atoms with E-state index >= 15 is 0 Å². The van der Waals surface area contributed by atoms with E-state index in [9.17, 15) is 5.48 Å². The van der Waals surface area contributed by atoms with E-state index < -0.39 is 0 Å². The molecule has 0 N–H and O–H groups in total. The minimum Gasteiger partial charge on any atom is -0.0616 e. The van der Waals surface area contributed by atoms with Crippen molar-refractivity contribution in [1.82, 2.24) is 0 Å². The van der Waals surface area contributed by atoms with Gasteiger partial charge in [-0.15, -0.1) is 0 Å². The summed E-state index contributed by atoms with van der Waals surface area (Å²) in [7, 11) is 0. The first-order chi connectivity index (χ1) is 24.2. The summed E-state index contributed by atoms with van der Waals surface area (Å²) in [4.78, 5) is 0. The second-order valence-electron chi connectivity index (χ2n) is 13.0. The van der Waals surface area contributed by atoms with Gasteiger partial charge in [-0.2, -0.15) is 0 Å². The van der Waals surface area contributed by atoms with Gasteiger partial charge in [0.15, 0.2) is 0 Å². The molecule has 8 rings (SSSR count). The van der Waals surface area contributed by atoms with Crippen LogP contribution in [0.3, 0.4) is 0 Å². The first-order valence-corrected chi connectivity index (χ1v) is 16.3. The van der Waals surface area contributed by atoms with Crippen molar-refractivity contribution in [3.05, 3.63) is 157 Å². The molecule has 0 aliphatic heterocycles. The third-order valence-electron chi connectivity index (χ3n) is 9.44. The van der Waals surface area contributed by atoms with Crippen molar-refractivity contribution in [3.63, 3.8) is 0 Å². The molecule has 0 aromatic heterocycles. The summed E-state index contributed by atoms with van der Waals surface area (Å²) in [5.41, 5.74) is 6.61. The largest absolute Gasteiger partial charge is 0.0629 e. The Morgan fingerprint density at radius 2 is 0.826 bits per heavy atom. The molecule has 0 aliphatic carbocycles. The predicted molar refractivity (Wildman–Crippen MR) is 201 cm³/mol. The summed E-state index contributed by atoms with van der Waals surface area (Å²) in [6.07, 6.45) is 0. The maximum atomic E-state index is 9.51. The van der Waals surface area contributed by atoms with Gasteiger partial charge in [-0.1, -0.05) is 167 Å². The Morgan fingerprint density at radius 3 is 1.37 bits per heavy atom. The highest BCUT2D eigenvalue weighted by Crippen LogP contribution is 2.46. The fraction of sp³-hybridized carbons (Fsp3) is 0.130. The van der Waals surface area contributed by atoms with Crippen molar-refractivity contribution in [2.75, 3.05) is 0 Å². The van der Waals surface area contributed by atoms with Crippen LogP contribution in [-0.4, -0.2) is 0 Å². The van der Waals surface area contributed by atoms with Gasteiger partial charge in [0.1, 0.15) is 0 Å². The Hall–Kier alpha value is -5.20. The Bertz CT molecular complexity index is 2540. The zero-order chi connectivity index (χ0) is 34.8. The fourth-order valence-corrected chi connectivity index (χ4v) is 7.02. The normalized spacial score (nSPS) is 13.1. The van der Waals surface area contributed by atoms with Crippen molar-refractivity contribution in [1.29, 1.82) is 0 Å². The highest BCUT2D eigenvalue weighted by molar-refractivity contribution is 6.25. The number of hydrogen-bond donors (Lipinski definition) is 0. The van der Waals surface area contributed by atoms with Crippen LogP contribution < -0.4 is 0 Å². The van der Waals surface area contributed by atoms with Gasteiger partial charge in [-0.05, 0) is 105 Å². The van der Waals surface area contributed by atoms with Gasteiger partial charge < -0.3 is 0 Å². The zero-order valence-electron chi connectivity index (χ0n) is 30.7. The van der Waals surface area contributed by atoms with Crippen molar-refractivity contribution in [3.8, 4) is 33.4 Å². The molecule has 222 valence electrons. The van der Waals surface area contributed by atoms with Crippen LogP contribution in [0.25, 0.3) is 76.5 Å². The summed E-state index contributed by atoms with van der Waals surface area (Å²) < 4.78 is 37.8. The maximum absolute atomic E-state index is 9.51. The average Bonchev–Trinajstić information content (AvgIpc) is 3.13. The molecular formula is C46H38. The van der Waals surface area contributed by atoms with Gasteiger partial charge in [0, 0.05) is 0 Å². The summed E-state index contributed by atoms with van der Waals surface area (Å²) in [6, 6.07) is 42.0. The van der Waals surface area contributed by atoms with Crippen LogP contribution in [0.4, 0.5) is 0 Å². The van der Waals surface area contributed by atoms with E-state index in [1.54, 1.807) is 0 Å². The first-order valence-electron chi connectivity index (χ1n) is 18.3. The molecule has 0 amide bonds. The molecular weight excluding hydrogens is 553 g/mol. The highest BCUT2D eigenvalue weighted by atomic mass is 14.2. The van der Waals surface area contributed by atoms with Crippen molar-refractivity contribution >= 4 is 43.1 Å². The molecule has 0 saturated heterocycles. The van der Waals surface area contributed by atoms with Crippen LogP contribution >= 0.6 is 0 Å². The van der Waals surface area contributed by atoms with Crippen LogP contribution in [0.1, 0.15) is 56.1 Å². The summed E-state index contributed by atoms with van der Waals surface area (Å²) in [6.45, 7) is 8.56. The third-order valence-corrected chi connectivity index (χ3v) is 9.44. The van der Waals surface area contributed by atoms with Gasteiger partial charge in [0.25, 0.3) is 0 Å². The van der Waals surface area contributed by atoms with E-state index in [1.807, 2.05) is 36.4 Å². The lowest BCUT2D eigenvalue weighted by atomic mass is 9.83. The molecule has 0 bridgehead atoms. The van der Waals surface area contributed by atoms with Crippen LogP contribution in [0.2, 0.25) is 0 Å². The number of benzene rings is 8. The molecule has 0 heteroatoms. The van der Waals surface area contributed by atoms with E-state index in [2.05, 4.69) is 113 Å².